The lowest BCUT2D eigenvalue weighted by Crippen LogP contribution is -2.60. The highest BCUT2D eigenvalue weighted by molar-refractivity contribution is 5.96. The molecule has 0 aromatic rings. The van der Waals surface area contributed by atoms with E-state index in [0.717, 1.165) is 0 Å². The summed E-state index contributed by atoms with van der Waals surface area (Å²) >= 11 is 0. The van der Waals surface area contributed by atoms with Gasteiger partial charge in [-0.15, -0.1) is 0 Å². The molecule has 0 saturated heterocycles. The van der Waals surface area contributed by atoms with Gasteiger partial charge in [-0.05, 0) is 24.2 Å². The first-order valence-corrected chi connectivity index (χ1v) is 12.6. The van der Waals surface area contributed by atoms with E-state index in [1.165, 1.54) is 0 Å². The first-order chi connectivity index (χ1) is 17.5. The Bertz CT molecular complexity index is 849. The van der Waals surface area contributed by atoms with Gasteiger partial charge < -0.3 is 42.3 Å². The maximum atomic E-state index is 13.1. The van der Waals surface area contributed by atoms with Crippen LogP contribution in [0.15, 0.2) is 0 Å². The lowest BCUT2D eigenvalue weighted by Gasteiger charge is -2.28. The van der Waals surface area contributed by atoms with Gasteiger partial charge in [-0.25, -0.2) is 4.79 Å². The lowest BCUT2D eigenvalue weighted by molar-refractivity contribution is -0.144. The fraction of sp³-hybridized carbons (Fsp3) is 0.750. The third kappa shape index (κ3) is 11.9. The van der Waals surface area contributed by atoms with Crippen LogP contribution in [0.1, 0.15) is 60.8 Å². The minimum absolute atomic E-state index is 0.110. The number of aliphatic carboxylic acids is 2. The van der Waals surface area contributed by atoms with E-state index in [1.807, 2.05) is 0 Å². The van der Waals surface area contributed by atoms with Gasteiger partial charge in [0, 0.05) is 0 Å². The molecular weight excluding hydrogens is 502 g/mol. The fourth-order valence-corrected chi connectivity index (χ4v) is 3.44. The van der Waals surface area contributed by atoms with Gasteiger partial charge in [0.1, 0.15) is 30.2 Å². The predicted molar refractivity (Wildman–Crippen MR) is 136 cm³/mol. The molecule has 14 nitrogen and oxygen atoms in total. The Morgan fingerprint density at radius 1 is 0.737 bits per heavy atom. The molecule has 0 spiro atoms. The number of aliphatic hydroxyl groups excluding tert-OH is 1. The Kier molecular flexibility index (Phi) is 15.1. The molecule has 14 heteroatoms. The van der Waals surface area contributed by atoms with Crippen LogP contribution in [0.4, 0.5) is 0 Å². The lowest BCUT2D eigenvalue weighted by atomic mass is 9.97. The summed E-state index contributed by atoms with van der Waals surface area (Å²) in [7, 11) is 0. The molecule has 4 amide bonds. The maximum Gasteiger partial charge on any atom is 0.326 e. The summed E-state index contributed by atoms with van der Waals surface area (Å²) in [5.41, 5.74) is 5.47. The summed E-state index contributed by atoms with van der Waals surface area (Å²) < 4.78 is 0. The number of carbonyl (C=O) groups is 6. The molecule has 0 aliphatic rings. The average molecular weight is 546 g/mol. The monoisotopic (exact) mass is 545 g/mol. The Labute approximate surface area is 222 Å². The molecule has 0 heterocycles. The van der Waals surface area contributed by atoms with Gasteiger partial charge in [0.05, 0.1) is 13.0 Å². The average Bonchev–Trinajstić information content (AvgIpc) is 2.82. The summed E-state index contributed by atoms with van der Waals surface area (Å²) in [6.07, 6.45) is -0.239. The standard InChI is InChI=1S/C24H43N5O9/c1-7-13(6)19(24(37)38)29-22(35)15(8-11(2)3)26-21(34)16(9-17(31)32)27-23(36)18(12(4)5)28-20(33)14(25)10-30/h11-16,18-19,30H,7-10,25H2,1-6H3,(H,26,34)(H,27,36)(H,28,33)(H,29,35)(H,31,32)(H,37,38)/t13-,14-,15-,16-,18-,19-/m0/s1. The second-order valence-electron chi connectivity index (χ2n) is 10.1. The van der Waals surface area contributed by atoms with Crippen LogP contribution >= 0.6 is 0 Å². The van der Waals surface area contributed by atoms with Gasteiger partial charge in [-0.1, -0.05) is 48.0 Å². The van der Waals surface area contributed by atoms with Crippen LogP contribution in [0.5, 0.6) is 0 Å². The summed E-state index contributed by atoms with van der Waals surface area (Å²) in [6, 6.07) is -6.51. The number of carbonyl (C=O) groups excluding carboxylic acids is 4. The van der Waals surface area contributed by atoms with Crippen molar-refractivity contribution < 1.29 is 44.1 Å². The molecule has 0 rings (SSSR count). The van der Waals surface area contributed by atoms with Crippen molar-refractivity contribution in [2.75, 3.05) is 6.61 Å². The SMILES string of the molecule is CC[C@H](C)[C@H](NC(=O)[C@H](CC(C)C)NC(=O)[C@H](CC(=O)O)NC(=O)[C@@H](NC(=O)[C@@H](N)CO)C(C)C)C(=O)O. The predicted octanol–water partition coefficient (Wildman–Crippen LogP) is -1.45. The molecule has 218 valence electrons. The molecule has 6 atom stereocenters. The van der Waals surface area contributed by atoms with E-state index in [-0.39, 0.29) is 12.3 Å². The van der Waals surface area contributed by atoms with Crippen LogP contribution in [0.25, 0.3) is 0 Å². The topological polar surface area (TPSA) is 237 Å². The summed E-state index contributed by atoms with van der Waals surface area (Å²) in [6.45, 7) is 9.51. The molecule has 0 saturated carbocycles. The normalized spacial score (nSPS) is 15.9. The van der Waals surface area contributed by atoms with E-state index in [1.54, 1.807) is 41.5 Å². The number of nitrogens with one attached hydrogen (secondary N) is 4. The van der Waals surface area contributed by atoms with Gasteiger partial charge in [-0.3, -0.25) is 24.0 Å². The number of amides is 4. The third-order valence-electron chi connectivity index (χ3n) is 5.91. The van der Waals surface area contributed by atoms with Crippen molar-refractivity contribution in [1.29, 1.82) is 0 Å². The zero-order chi connectivity index (χ0) is 29.7. The molecule has 0 aliphatic heterocycles. The van der Waals surface area contributed by atoms with E-state index >= 15 is 0 Å². The van der Waals surface area contributed by atoms with E-state index < -0.39 is 90.6 Å². The molecule has 0 fully saturated rings. The highest BCUT2D eigenvalue weighted by atomic mass is 16.4. The molecule has 0 radical (unpaired) electrons. The number of nitrogens with two attached hydrogens (primary N) is 1. The second kappa shape index (κ2) is 16.6. The molecule has 0 aromatic carbocycles. The van der Waals surface area contributed by atoms with Crippen molar-refractivity contribution in [3.63, 3.8) is 0 Å². The minimum Gasteiger partial charge on any atom is -0.481 e. The maximum absolute atomic E-state index is 13.1. The number of carboxylic acids is 2. The van der Waals surface area contributed by atoms with Gasteiger partial charge >= 0.3 is 11.9 Å². The first-order valence-electron chi connectivity index (χ1n) is 12.6. The highest BCUT2D eigenvalue weighted by Crippen LogP contribution is 2.11. The van der Waals surface area contributed by atoms with E-state index in [2.05, 4.69) is 21.3 Å². The molecule has 38 heavy (non-hydrogen) atoms. The molecule has 0 bridgehead atoms. The molecular formula is C24H43N5O9. The Morgan fingerprint density at radius 3 is 1.66 bits per heavy atom. The van der Waals surface area contributed by atoms with Gasteiger partial charge in [0.2, 0.25) is 23.6 Å². The summed E-state index contributed by atoms with van der Waals surface area (Å²) in [5, 5.41) is 37.4. The van der Waals surface area contributed by atoms with Crippen LogP contribution in [0.3, 0.4) is 0 Å². The van der Waals surface area contributed by atoms with Crippen LogP contribution in [-0.2, 0) is 28.8 Å². The number of aliphatic hydroxyl groups is 1. The Hall–Kier alpha value is -3.26. The zero-order valence-electron chi connectivity index (χ0n) is 22.8. The fourth-order valence-electron chi connectivity index (χ4n) is 3.44. The van der Waals surface area contributed by atoms with E-state index in [0.29, 0.717) is 6.42 Å². The van der Waals surface area contributed by atoms with Gasteiger partial charge in [-0.2, -0.15) is 0 Å². The highest BCUT2D eigenvalue weighted by Gasteiger charge is 2.34. The quantitative estimate of drug-likeness (QED) is 0.106. The Balaban J connectivity index is 5.83. The van der Waals surface area contributed by atoms with Crippen molar-refractivity contribution in [2.24, 2.45) is 23.5 Å². The molecule has 9 N–H and O–H groups in total. The number of hydrogen-bond acceptors (Lipinski definition) is 8. The smallest absolute Gasteiger partial charge is 0.326 e. The summed E-state index contributed by atoms with van der Waals surface area (Å²) in [4.78, 5) is 74.1. The van der Waals surface area contributed by atoms with Crippen molar-refractivity contribution in [1.82, 2.24) is 21.3 Å². The third-order valence-corrected chi connectivity index (χ3v) is 5.91. The first kappa shape index (κ1) is 34.7. The van der Waals surface area contributed by atoms with Crippen LogP contribution in [0.2, 0.25) is 0 Å². The van der Waals surface area contributed by atoms with Gasteiger partial charge in [0.15, 0.2) is 0 Å². The summed E-state index contributed by atoms with van der Waals surface area (Å²) in [5.74, 6) is -7.06. The molecule has 0 aromatic heterocycles. The van der Waals surface area contributed by atoms with Crippen LogP contribution < -0.4 is 27.0 Å². The zero-order valence-corrected chi connectivity index (χ0v) is 22.8. The van der Waals surface area contributed by atoms with Crippen molar-refractivity contribution in [2.45, 2.75) is 91.0 Å². The second-order valence-corrected chi connectivity index (χ2v) is 10.1. The van der Waals surface area contributed by atoms with Gasteiger partial charge in [0.25, 0.3) is 0 Å². The number of rotatable bonds is 17. The molecule has 0 aliphatic carbocycles. The van der Waals surface area contributed by atoms with E-state index in [9.17, 15) is 39.0 Å². The number of carboxylic acid groups (broad SMARTS) is 2. The Morgan fingerprint density at radius 2 is 1.24 bits per heavy atom. The largest absolute Gasteiger partial charge is 0.481 e. The minimum atomic E-state index is -1.61. The van der Waals surface area contributed by atoms with Crippen LogP contribution in [-0.4, -0.2) is 87.7 Å². The van der Waals surface area contributed by atoms with Crippen molar-refractivity contribution >= 4 is 35.6 Å². The van der Waals surface area contributed by atoms with Crippen molar-refractivity contribution in [3.8, 4) is 0 Å². The van der Waals surface area contributed by atoms with Crippen LogP contribution in [0, 0.1) is 17.8 Å². The number of hydrogen-bond donors (Lipinski definition) is 8. The molecule has 0 unspecified atom stereocenters. The van der Waals surface area contributed by atoms with Crippen molar-refractivity contribution in [3.05, 3.63) is 0 Å². The van der Waals surface area contributed by atoms with E-state index in [4.69, 9.17) is 10.8 Å².